The Hall–Kier alpha value is -2.33. The number of ether oxygens (including phenoxy) is 3. The quantitative estimate of drug-likeness (QED) is 0.521. The lowest BCUT2D eigenvalue weighted by Crippen LogP contribution is -2.03. The van der Waals surface area contributed by atoms with Crippen molar-refractivity contribution in [1.29, 1.82) is 0 Å². The van der Waals surface area contributed by atoms with E-state index in [-0.39, 0.29) is 6.79 Å². The van der Waals surface area contributed by atoms with Crippen LogP contribution in [0.15, 0.2) is 42.5 Å². The highest BCUT2D eigenvalue weighted by Gasteiger charge is 2.07. The molecule has 0 heterocycles. The van der Waals surface area contributed by atoms with Gasteiger partial charge in [0.15, 0.2) is 6.79 Å². The van der Waals surface area contributed by atoms with Crippen molar-refractivity contribution in [3.05, 3.63) is 59.2 Å². The van der Waals surface area contributed by atoms with Crippen LogP contribution in [0.25, 0.3) is 0 Å². The normalized spacial score (nSPS) is 10.3. The second-order valence-corrected chi connectivity index (χ2v) is 5.21. The van der Waals surface area contributed by atoms with Crippen LogP contribution in [-0.2, 0) is 11.2 Å². The maximum absolute atomic E-state index is 11.0. The molecule has 0 aromatic heterocycles. The summed E-state index contributed by atoms with van der Waals surface area (Å²) < 4.78 is 16.1. The molecule has 0 bridgehead atoms. The summed E-state index contributed by atoms with van der Waals surface area (Å²) in [7, 11) is 1.58. The van der Waals surface area contributed by atoms with E-state index in [1.165, 1.54) is 0 Å². The van der Waals surface area contributed by atoms with Crippen LogP contribution in [0, 0.1) is 0 Å². The van der Waals surface area contributed by atoms with Gasteiger partial charge < -0.3 is 14.2 Å². The lowest BCUT2D eigenvalue weighted by Gasteiger charge is -2.12. The van der Waals surface area contributed by atoms with Gasteiger partial charge in [0, 0.05) is 19.1 Å². The second-order valence-electron chi connectivity index (χ2n) is 5.21. The van der Waals surface area contributed by atoms with Crippen molar-refractivity contribution >= 4 is 6.29 Å². The van der Waals surface area contributed by atoms with Crippen molar-refractivity contribution in [2.24, 2.45) is 0 Å². The first kappa shape index (κ1) is 17.0. The average Bonchev–Trinajstić information content (AvgIpc) is 2.60. The van der Waals surface area contributed by atoms with Gasteiger partial charge in [0.1, 0.15) is 17.8 Å². The molecule has 122 valence electrons. The minimum atomic E-state index is 0.178. The van der Waals surface area contributed by atoms with Gasteiger partial charge in [0.25, 0.3) is 0 Å². The van der Waals surface area contributed by atoms with Gasteiger partial charge in [0.2, 0.25) is 0 Å². The zero-order valence-corrected chi connectivity index (χ0v) is 13.6. The third-order valence-electron chi connectivity index (χ3n) is 3.34. The highest BCUT2D eigenvalue weighted by atomic mass is 16.7. The minimum absolute atomic E-state index is 0.178. The molecule has 0 aliphatic carbocycles. The molecule has 0 aliphatic heterocycles. The van der Waals surface area contributed by atoms with Crippen LogP contribution in [0.2, 0.25) is 0 Å². The molecule has 0 atom stereocenters. The predicted octanol–water partition coefficient (Wildman–Crippen LogP) is 3.86. The number of carbonyl (C=O) groups excluding carboxylic acids is 1. The number of rotatable bonds is 9. The maximum Gasteiger partial charge on any atom is 0.188 e. The molecule has 4 nitrogen and oxygen atoms in total. The Balaban J connectivity index is 2.15. The summed E-state index contributed by atoms with van der Waals surface area (Å²) in [6, 6.07) is 13.4. The monoisotopic (exact) mass is 314 g/mol. The molecule has 4 heteroatoms. The molecule has 23 heavy (non-hydrogen) atoms. The minimum Gasteiger partial charge on any atom is -0.494 e. The Morgan fingerprint density at radius 3 is 2.48 bits per heavy atom. The van der Waals surface area contributed by atoms with Crippen LogP contribution in [0.4, 0.5) is 0 Å². The molecule has 0 saturated heterocycles. The highest BCUT2D eigenvalue weighted by Crippen LogP contribution is 2.24. The molecule has 0 radical (unpaired) electrons. The van der Waals surface area contributed by atoms with E-state index in [9.17, 15) is 4.79 Å². The smallest absolute Gasteiger partial charge is 0.188 e. The van der Waals surface area contributed by atoms with E-state index in [1.54, 1.807) is 19.2 Å². The van der Waals surface area contributed by atoms with Crippen LogP contribution in [0.1, 0.15) is 34.8 Å². The van der Waals surface area contributed by atoms with E-state index in [0.717, 1.165) is 41.9 Å². The van der Waals surface area contributed by atoms with Crippen molar-refractivity contribution in [2.45, 2.75) is 19.8 Å². The predicted molar refractivity (Wildman–Crippen MR) is 89.4 cm³/mol. The van der Waals surface area contributed by atoms with Gasteiger partial charge in [-0.3, -0.25) is 4.79 Å². The van der Waals surface area contributed by atoms with E-state index >= 15 is 0 Å². The van der Waals surface area contributed by atoms with Crippen molar-refractivity contribution in [3.8, 4) is 11.5 Å². The van der Waals surface area contributed by atoms with Crippen molar-refractivity contribution in [1.82, 2.24) is 0 Å². The third kappa shape index (κ3) is 5.11. The first-order valence-corrected chi connectivity index (χ1v) is 7.68. The molecule has 2 rings (SSSR count). The standard InChI is InChI=1S/C19H22O4/c1-3-10-22-18-7-4-15(5-8-18)11-17-12-16(13-20)6-9-19(17)23-14-21-2/h4-9,12-13H,3,10-11,14H2,1-2H3. The van der Waals surface area contributed by atoms with Crippen LogP contribution < -0.4 is 9.47 Å². The zero-order chi connectivity index (χ0) is 16.5. The van der Waals surface area contributed by atoms with Gasteiger partial charge >= 0.3 is 0 Å². The summed E-state index contributed by atoms with van der Waals surface area (Å²) >= 11 is 0. The molecule has 2 aromatic carbocycles. The molecule has 0 amide bonds. The topological polar surface area (TPSA) is 44.8 Å². The summed E-state index contributed by atoms with van der Waals surface area (Å²) in [5.41, 5.74) is 2.71. The number of hydrogen-bond acceptors (Lipinski definition) is 4. The second kappa shape index (κ2) is 8.96. The molecule has 0 spiro atoms. The number of benzene rings is 2. The van der Waals surface area contributed by atoms with Gasteiger partial charge in [-0.2, -0.15) is 0 Å². The van der Waals surface area contributed by atoms with E-state index in [4.69, 9.17) is 14.2 Å². The van der Waals surface area contributed by atoms with E-state index in [1.807, 2.05) is 30.3 Å². The summed E-state index contributed by atoms with van der Waals surface area (Å²) in [6.45, 7) is 2.98. The Labute approximate surface area is 137 Å². The fourth-order valence-corrected chi connectivity index (χ4v) is 2.22. The molecule has 2 aromatic rings. The molecular weight excluding hydrogens is 292 g/mol. The van der Waals surface area contributed by atoms with Crippen molar-refractivity contribution in [3.63, 3.8) is 0 Å². The average molecular weight is 314 g/mol. The summed E-state index contributed by atoms with van der Waals surface area (Å²) in [5, 5.41) is 0. The van der Waals surface area contributed by atoms with Crippen LogP contribution in [0.3, 0.4) is 0 Å². The van der Waals surface area contributed by atoms with E-state index in [0.29, 0.717) is 12.0 Å². The molecule has 0 saturated carbocycles. The Kier molecular flexibility index (Phi) is 6.63. The largest absolute Gasteiger partial charge is 0.494 e. The highest BCUT2D eigenvalue weighted by molar-refractivity contribution is 5.75. The fraction of sp³-hybridized carbons (Fsp3) is 0.316. The summed E-state index contributed by atoms with van der Waals surface area (Å²) in [5.74, 6) is 1.59. The first-order valence-electron chi connectivity index (χ1n) is 7.68. The van der Waals surface area contributed by atoms with Gasteiger partial charge in [0.05, 0.1) is 6.61 Å². The molecule has 0 N–H and O–H groups in total. The number of carbonyl (C=O) groups is 1. The zero-order valence-electron chi connectivity index (χ0n) is 13.6. The molecular formula is C19H22O4. The van der Waals surface area contributed by atoms with Gasteiger partial charge in [-0.15, -0.1) is 0 Å². The first-order chi connectivity index (χ1) is 11.3. The Morgan fingerprint density at radius 1 is 1.04 bits per heavy atom. The van der Waals surface area contributed by atoms with Gasteiger partial charge in [-0.1, -0.05) is 19.1 Å². The van der Waals surface area contributed by atoms with Crippen molar-refractivity contribution < 1.29 is 19.0 Å². The lowest BCUT2D eigenvalue weighted by atomic mass is 10.0. The van der Waals surface area contributed by atoms with Crippen LogP contribution in [0.5, 0.6) is 11.5 Å². The lowest BCUT2D eigenvalue weighted by molar-refractivity contribution is 0.0505. The van der Waals surface area contributed by atoms with Gasteiger partial charge in [-0.05, 0) is 47.9 Å². The molecule has 0 unspecified atom stereocenters. The Bertz CT molecular complexity index is 620. The summed E-state index contributed by atoms with van der Waals surface area (Å²) in [6.07, 6.45) is 2.50. The summed E-state index contributed by atoms with van der Waals surface area (Å²) in [4.78, 5) is 11.0. The Morgan fingerprint density at radius 2 is 1.83 bits per heavy atom. The third-order valence-corrected chi connectivity index (χ3v) is 3.34. The molecule has 0 fully saturated rings. The molecule has 0 aliphatic rings. The van der Waals surface area contributed by atoms with Gasteiger partial charge in [-0.25, -0.2) is 0 Å². The fourth-order valence-electron chi connectivity index (χ4n) is 2.22. The number of hydrogen-bond donors (Lipinski definition) is 0. The van der Waals surface area contributed by atoms with Crippen molar-refractivity contribution in [2.75, 3.05) is 20.5 Å². The van der Waals surface area contributed by atoms with Crippen LogP contribution >= 0.6 is 0 Å². The number of aldehydes is 1. The van der Waals surface area contributed by atoms with E-state index < -0.39 is 0 Å². The maximum atomic E-state index is 11.0. The SMILES string of the molecule is CCCOc1ccc(Cc2cc(C=O)ccc2OCOC)cc1. The number of methoxy groups -OCH3 is 1. The van der Waals surface area contributed by atoms with Crippen LogP contribution in [-0.4, -0.2) is 26.8 Å². The van der Waals surface area contributed by atoms with E-state index in [2.05, 4.69) is 6.92 Å².